The van der Waals surface area contributed by atoms with Crippen LogP contribution in [0.1, 0.15) is 27.7 Å². The van der Waals surface area contributed by atoms with Crippen LogP contribution in [-0.4, -0.2) is 21.0 Å². The molecule has 2 heterocycles. The second kappa shape index (κ2) is 6.95. The van der Waals surface area contributed by atoms with E-state index in [1.165, 1.54) is 13.0 Å². The van der Waals surface area contributed by atoms with Crippen molar-refractivity contribution < 1.29 is 22.5 Å². The Kier molecular flexibility index (Phi) is 4.70. The normalized spacial score (nSPS) is 11.4. The summed E-state index contributed by atoms with van der Waals surface area (Å²) in [7, 11) is 0. The number of carbonyl (C=O) groups excluding carboxylic acids is 1. The van der Waals surface area contributed by atoms with Crippen molar-refractivity contribution in [2.45, 2.75) is 19.6 Å². The van der Waals surface area contributed by atoms with E-state index >= 15 is 0 Å². The molecule has 0 unspecified atom stereocenters. The zero-order valence-electron chi connectivity index (χ0n) is 13.5. The molecule has 0 saturated carbocycles. The van der Waals surface area contributed by atoms with Gasteiger partial charge in [-0.3, -0.25) is 4.79 Å². The summed E-state index contributed by atoms with van der Waals surface area (Å²) in [5.74, 6) is -0.339. The van der Waals surface area contributed by atoms with E-state index in [2.05, 4.69) is 20.4 Å². The average molecular weight is 362 g/mol. The van der Waals surface area contributed by atoms with Crippen molar-refractivity contribution in [1.82, 2.24) is 20.4 Å². The van der Waals surface area contributed by atoms with Crippen LogP contribution < -0.4 is 5.32 Å². The second-order valence-corrected chi connectivity index (χ2v) is 5.43. The van der Waals surface area contributed by atoms with Crippen LogP contribution in [0.25, 0.3) is 11.3 Å². The Morgan fingerprint density at radius 2 is 1.88 bits per heavy atom. The number of alkyl halides is 3. The zero-order chi connectivity index (χ0) is 18.7. The van der Waals surface area contributed by atoms with Gasteiger partial charge in [0.05, 0.1) is 6.54 Å². The first-order valence-electron chi connectivity index (χ1n) is 7.55. The summed E-state index contributed by atoms with van der Waals surface area (Å²) in [5.41, 5.74) is -0.144. The topological polar surface area (TPSA) is 80.9 Å². The van der Waals surface area contributed by atoms with Crippen LogP contribution >= 0.6 is 0 Å². The fourth-order valence-electron chi connectivity index (χ4n) is 2.22. The van der Waals surface area contributed by atoms with Crippen molar-refractivity contribution in [3.05, 3.63) is 65.4 Å². The van der Waals surface area contributed by atoms with Gasteiger partial charge >= 0.3 is 6.18 Å². The molecular weight excluding hydrogens is 349 g/mol. The maximum absolute atomic E-state index is 12.8. The van der Waals surface area contributed by atoms with Crippen LogP contribution in [0.5, 0.6) is 0 Å². The predicted molar refractivity (Wildman–Crippen MR) is 84.9 cm³/mol. The van der Waals surface area contributed by atoms with Gasteiger partial charge in [-0.25, -0.2) is 9.97 Å². The van der Waals surface area contributed by atoms with E-state index in [-0.39, 0.29) is 23.8 Å². The lowest BCUT2D eigenvalue weighted by Gasteiger charge is -2.09. The quantitative estimate of drug-likeness (QED) is 0.769. The van der Waals surface area contributed by atoms with Crippen LogP contribution in [-0.2, 0) is 12.7 Å². The monoisotopic (exact) mass is 362 g/mol. The molecule has 3 aromatic rings. The van der Waals surface area contributed by atoms with Crippen LogP contribution in [0.15, 0.2) is 47.0 Å². The fraction of sp³-hybridized carbons (Fsp3) is 0.176. The van der Waals surface area contributed by atoms with Gasteiger partial charge in [-0.15, -0.1) is 0 Å². The number of hydrogen-bond donors (Lipinski definition) is 1. The largest absolute Gasteiger partial charge is 0.433 e. The zero-order valence-corrected chi connectivity index (χ0v) is 13.5. The van der Waals surface area contributed by atoms with E-state index in [4.69, 9.17) is 4.52 Å². The van der Waals surface area contributed by atoms with Gasteiger partial charge in [0, 0.05) is 17.3 Å². The molecule has 3 rings (SSSR count). The summed E-state index contributed by atoms with van der Waals surface area (Å²) in [4.78, 5) is 19.4. The van der Waals surface area contributed by atoms with Crippen LogP contribution in [0, 0.1) is 6.92 Å². The van der Waals surface area contributed by atoms with Crippen LogP contribution in [0.3, 0.4) is 0 Å². The Balaban J connectivity index is 1.70. The molecule has 0 spiro atoms. The predicted octanol–water partition coefficient (Wildman–Crippen LogP) is 3.39. The minimum absolute atomic E-state index is 0.00699. The van der Waals surface area contributed by atoms with Gasteiger partial charge in [-0.1, -0.05) is 35.5 Å². The van der Waals surface area contributed by atoms with E-state index in [1.54, 1.807) is 12.1 Å². The number of halogens is 3. The number of rotatable bonds is 4. The molecule has 0 aliphatic heterocycles. The Morgan fingerprint density at radius 1 is 1.15 bits per heavy atom. The first-order chi connectivity index (χ1) is 12.3. The number of benzene rings is 1. The standard InChI is InChI=1S/C17H13F3N4O2/c1-10-7-14(17(18,19)20)23-15(22-10)9-21-16(25)12-8-13(26-24-12)11-5-3-2-4-6-11/h2-8H,9H2,1H3,(H,21,25). The molecule has 1 aromatic carbocycles. The summed E-state index contributed by atoms with van der Waals surface area (Å²) in [5, 5.41) is 6.10. The highest BCUT2D eigenvalue weighted by atomic mass is 19.4. The van der Waals surface area contributed by atoms with E-state index in [0.29, 0.717) is 5.76 Å². The highest BCUT2D eigenvalue weighted by molar-refractivity contribution is 5.92. The number of aryl methyl sites for hydroxylation is 1. The molecule has 1 amide bonds. The van der Waals surface area contributed by atoms with Crippen molar-refractivity contribution >= 4 is 5.91 Å². The van der Waals surface area contributed by atoms with E-state index < -0.39 is 17.8 Å². The van der Waals surface area contributed by atoms with Gasteiger partial charge in [0.25, 0.3) is 5.91 Å². The summed E-state index contributed by atoms with van der Waals surface area (Å²) < 4.78 is 43.4. The summed E-state index contributed by atoms with van der Waals surface area (Å²) in [6.45, 7) is 1.16. The molecule has 0 saturated heterocycles. The number of nitrogens with zero attached hydrogens (tertiary/aromatic N) is 3. The molecule has 0 atom stereocenters. The van der Waals surface area contributed by atoms with Crippen molar-refractivity contribution in [3.8, 4) is 11.3 Å². The summed E-state index contributed by atoms with van der Waals surface area (Å²) in [6.07, 6.45) is -4.58. The van der Waals surface area contributed by atoms with Crippen molar-refractivity contribution in [2.75, 3.05) is 0 Å². The van der Waals surface area contributed by atoms with Gasteiger partial charge in [-0.2, -0.15) is 13.2 Å². The Labute approximate surface area is 146 Å². The van der Waals surface area contributed by atoms with Gasteiger partial charge in [-0.05, 0) is 13.0 Å². The minimum Gasteiger partial charge on any atom is -0.355 e. The third kappa shape index (κ3) is 4.05. The number of amides is 1. The molecule has 0 bridgehead atoms. The lowest BCUT2D eigenvalue weighted by atomic mass is 10.1. The smallest absolute Gasteiger partial charge is 0.355 e. The van der Waals surface area contributed by atoms with Crippen molar-refractivity contribution in [2.24, 2.45) is 0 Å². The maximum Gasteiger partial charge on any atom is 0.433 e. The van der Waals surface area contributed by atoms with Crippen LogP contribution in [0.2, 0.25) is 0 Å². The number of carbonyl (C=O) groups is 1. The third-order valence-electron chi connectivity index (χ3n) is 3.40. The second-order valence-electron chi connectivity index (χ2n) is 5.43. The molecule has 134 valence electrons. The third-order valence-corrected chi connectivity index (χ3v) is 3.40. The van der Waals surface area contributed by atoms with Crippen molar-refractivity contribution in [3.63, 3.8) is 0 Å². The SMILES string of the molecule is Cc1cc(C(F)(F)F)nc(CNC(=O)c2cc(-c3ccccc3)on2)n1. The lowest BCUT2D eigenvalue weighted by molar-refractivity contribution is -0.141. The first-order valence-corrected chi connectivity index (χ1v) is 7.55. The van der Waals surface area contributed by atoms with Crippen molar-refractivity contribution in [1.29, 1.82) is 0 Å². The highest BCUT2D eigenvalue weighted by Gasteiger charge is 2.33. The number of aromatic nitrogens is 3. The van der Waals surface area contributed by atoms with E-state index in [9.17, 15) is 18.0 Å². The van der Waals surface area contributed by atoms with Crippen LogP contribution in [0.4, 0.5) is 13.2 Å². The van der Waals surface area contributed by atoms with Gasteiger partial charge in [0.15, 0.2) is 11.5 Å². The van der Waals surface area contributed by atoms with E-state index in [1.807, 2.05) is 18.2 Å². The molecule has 0 aliphatic carbocycles. The molecule has 26 heavy (non-hydrogen) atoms. The van der Waals surface area contributed by atoms with Gasteiger partial charge in [0.2, 0.25) is 0 Å². The Bertz CT molecular complexity index is 923. The minimum atomic E-state index is -4.58. The molecule has 2 aromatic heterocycles. The molecular formula is C17H13F3N4O2. The highest BCUT2D eigenvalue weighted by Crippen LogP contribution is 2.27. The number of hydrogen-bond acceptors (Lipinski definition) is 5. The Hall–Kier alpha value is -3.23. The molecule has 0 radical (unpaired) electrons. The molecule has 0 aliphatic rings. The molecule has 9 heteroatoms. The summed E-state index contributed by atoms with van der Waals surface area (Å²) >= 11 is 0. The fourth-order valence-corrected chi connectivity index (χ4v) is 2.22. The first kappa shape index (κ1) is 17.6. The van der Waals surface area contributed by atoms with E-state index in [0.717, 1.165) is 11.6 Å². The molecule has 1 N–H and O–H groups in total. The molecule has 6 nitrogen and oxygen atoms in total. The number of nitrogens with one attached hydrogen (secondary N) is 1. The van der Waals surface area contributed by atoms with Gasteiger partial charge in [0.1, 0.15) is 11.5 Å². The summed E-state index contributed by atoms with van der Waals surface area (Å²) in [6, 6.07) is 11.3. The molecule has 0 fully saturated rings. The lowest BCUT2D eigenvalue weighted by Crippen LogP contribution is -2.25. The maximum atomic E-state index is 12.8. The average Bonchev–Trinajstić information content (AvgIpc) is 3.09. The van der Waals surface area contributed by atoms with Gasteiger partial charge < -0.3 is 9.84 Å². The Morgan fingerprint density at radius 3 is 2.58 bits per heavy atom.